The van der Waals surface area contributed by atoms with E-state index in [1.807, 2.05) is 0 Å². The van der Waals surface area contributed by atoms with E-state index in [0.29, 0.717) is 0 Å². The van der Waals surface area contributed by atoms with E-state index in [4.69, 9.17) is 0 Å². The lowest BCUT2D eigenvalue weighted by Gasteiger charge is -2.31. The largest absolute Gasteiger partial charge is 0.0842 e. The fourth-order valence-electron chi connectivity index (χ4n) is 14.0. The predicted octanol–water partition coefficient (Wildman–Crippen LogP) is 19.4. The van der Waals surface area contributed by atoms with Gasteiger partial charge in [-0.05, 0) is 206 Å². The van der Waals surface area contributed by atoms with E-state index >= 15 is 0 Å². The van der Waals surface area contributed by atoms with Gasteiger partial charge in [0.2, 0.25) is 0 Å². The van der Waals surface area contributed by atoms with Crippen molar-refractivity contribution < 1.29 is 0 Å². The maximum Gasteiger partial charge on any atom is 0.0212 e. The molecule has 0 saturated heterocycles. The maximum absolute atomic E-state index is 2.57. The van der Waals surface area contributed by atoms with Crippen LogP contribution >= 0.6 is 0 Å². The molecule has 9 aromatic rings. The summed E-state index contributed by atoms with van der Waals surface area (Å²) in [5, 5.41) is 7.82. The minimum atomic E-state index is 0.131. The highest BCUT2D eigenvalue weighted by Crippen LogP contribution is 2.69. The van der Waals surface area contributed by atoms with Crippen LogP contribution in [0.25, 0.3) is 110 Å². The maximum atomic E-state index is 2.57. The van der Waals surface area contributed by atoms with Gasteiger partial charge in [-0.3, -0.25) is 0 Å². The van der Waals surface area contributed by atoms with Crippen molar-refractivity contribution in [2.24, 2.45) is 11.8 Å². The Kier molecular flexibility index (Phi) is 9.27. The number of hydrogen-bond acceptors (Lipinski definition) is 0. The average Bonchev–Trinajstić information content (AvgIpc) is 3.95. The minimum absolute atomic E-state index is 0.131. The molecule has 2 atom stereocenters. The molecule has 0 radical (unpaired) electrons. The van der Waals surface area contributed by atoms with E-state index < -0.39 is 0 Å². The van der Waals surface area contributed by atoms with Gasteiger partial charge in [0.15, 0.2) is 0 Å². The number of allylic oxidation sites excluding steroid dienone is 16. The predicted molar refractivity (Wildman–Crippen MR) is 308 cm³/mol. The quantitative estimate of drug-likeness (QED) is 0.146. The van der Waals surface area contributed by atoms with Crippen LogP contribution in [0.5, 0.6) is 0 Å². The minimum Gasteiger partial charge on any atom is -0.0842 e. The van der Waals surface area contributed by atoms with Crippen LogP contribution in [0.15, 0.2) is 218 Å². The molecule has 9 aromatic carbocycles. The summed E-state index contributed by atoms with van der Waals surface area (Å²) in [5.74, 6) is 0.266. The molecule has 2 unspecified atom stereocenters. The van der Waals surface area contributed by atoms with Crippen LogP contribution in [0.2, 0.25) is 0 Å². The fraction of sp³-hybridized carbons (Fsp3) is 0.111. The topological polar surface area (TPSA) is 0 Å². The standard InChI is InChI=1S/C72H52/c1-43-21-9-13-29-49(43)63-55-35-19-20-36-56(55)65(53-33-17-15-31-51(53)45-23-5-3-6-24-45)71-59-39-38-58-68-60(40-37-57(67(59)68)69(63)71)72-66(54-34-18-16-32-52(54)46-25-7-4-8-26-46)62-42-48-28-12-11-27-47(48)41-61(62)64(70(58)72)50-30-14-10-22-44(50)2/h3-5,7,9-23,25,27-42,67-68H,6,8,24,26H2,1-2H3. The molecular weight excluding hydrogens is 865 g/mol. The van der Waals surface area contributed by atoms with Crippen molar-refractivity contribution in [2.75, 3.05) is 0 Å². The molecule has 0 N–H and O–H groups in total. The Morgan fingerprint density at radius 3 is 1.04 bits per heavy atom. The van der Waals surface area contributed by atoms with Crippen LogP contribution in [0.3, 0.4) is 0 Å². The van der Waals surface area contributed by atoms with Crippen LogP contribution in [0.1, 0.15) is 70.2 Å². The third-order valence-electron chi connectivity index (χ3n) is 17.0. The normalized spacial score (nSPS) is 18.0. The molecular formula is C72H52. The monoisotopic (exact) mass is 916 g/mol. The van der Waals surface area contributed by atoms with Gasteiger partial charge < -0.3 is 0 Å². The molecule has 72 heavy (non-hydrogen) atoms. The lowest BCUT2D eigenvalue weighted by Crippen LogP contribution is -2.18. The molecule has 0 bridgehead atoms. The SMILES string of the molecule is Cc1ccccc1-c1c2c(c(-c3ccccc3C3=CC=CCC3)c3ccccc13)C1=CC=C3c4c(c(-c5ccccc5C5=CC=CCC5)c5cc6ccccc6cc5c4-c4ccccc4C)C4=CC=C2C1C34. The molecule has 0 heteroatoms. The van der Waals surface area contributed by atoms with E-state index in [-0.39, 0.29) is 11.8 Å². The van der Waals surface area contributed by atoms with E-state index in [2.05, 4.69) is 232 Å². The van der Waals surface area contributed by atoms with E-state index in [0.717, 1.165) is 25.7 Å². The lowest BCUT2D eigenvalue weighted by molar-refractivity contribution is 0.759. The Bertz CT molecular complexity index is 4160. The molecule has 0 saturated carbocycles. The second kappa shape index (κ2) is 16.1. The van der Waals surface area contributed by atoms with Crippen LogP contribution in [-0.4, -0.2) is 0 Å². The van der Waals surface area contributed by atoms with Crippen LogP contribution in [-0.2, 0) is 0 Å². The summed E-state index contributed by atoms with van der Waals surface area (Å²) >= 11 is 0. The smallest absolute Gasteiger partial charge is 0.0212 e. The van der Waals surface area contributed by atoms with Crippen LogP contribution in [0.4, 0.5) is 0 Å². The van der Waals surface area contributed by atoms with Crippen molar-refractivity contribution in [3.8, 4) is 44.5 Å². The molecule has 0 nitrogen and oxygen atoms in total. The van der Waals surface area contributed by atoms with Gasteiger partial charge >= 0.3 is 0 Å². The first-order valence-electron chi connectivity index (χ1n) is 26.1. The lowest BCUT2D eigenvalue weighted by atomic mass is 9.71. The highest BCUT2D eigenvalue weighted by molar-refractivity contribution is 6.25. The van der Waals surface area contributed by atoms with Gasteiger partial charge in [0.1, 0.15) is 0 Å². The van der Waals surface area contributed by atoms with Crippen molar-refractivity contribution in [3.05, 3.63) is 263 Å². The van der Waals surface area contributed by atoms with Crippen LogP contribution in [0, 0.1) is 25.7 Å². The number of fused-ring (bicyclic) bond motifs is 9. The van der Waals surface area contributed by atoms with Crippen molar-refractivity contribution in [1.29, 1.82) is 0 Å². The van der Waals surface area contributed by atoms with Gasteiger partial charge in [0.05, 0.1) is 0 Å². The van der Waals surface area contributed by atoms with E-state index in [1.165, 1.54) is 155 Å². The Morgan fingerprint density at radius 1 is 0.306 bits per heavy atom. The van der Waals surface area contributed by atoms with Crippen LogP contribution < -0.4 is 0 Å². The fourth-order valence-corrected chi connectivity index (χ4v) is 14.0. The summed E-state index contributed by atoms with van der Waals surface area (Å²) in [6.07, 6.45) is 28.3. The van der Waals surface area contributed by atoms with Crippen molar-refractivity contribution >= 4 is 65.8 Å². The van der Waals surface area contributed by atoms with E-state index in [9.17, 15) is 0 Å². The van der Waals surface area contributed by atoms with Gasteiger partial charge in [-0.2, -0.15) is 0 Å². The van der Waals surface area contributed by atoms with Gasteiger partial charge in [-0.15, -0.1) is 0 Å². The Labute approximate surface area is 422 Å². The molecule has 0 spiro atoms. The first kappa shape index (κ1) is 41.5. The molecule has 0 amide bonds. The summed E-state index contributed by atoms with van der Waals surface area (Å²) in [7, 11) is 0. The Morgan fingerprint density at radius 2 is 0.639 bits per heavy atom. The molecule has 0 fully saturated rings. The zero-order valence-corrected chi connectivity index (χ0v) is 40.8. The summed E-state index contributed by atoms with van der Waals surface area (Å²) in [6, 6.07) is 60.1. The first-order chi connectivity index (χ1) is 35.6. The summed E-state index contributed by atoms with van der Waals surface area (Å²) < 4.78 is 0. The van der Waals surface area contributed by atoms with Crippen molar-refractivity contribution in [1.82, 2.24) is 0 Å². The van der Waals surface area contributed by atoms with Crippen molar-refractivity contribution in [2.45, 2.75) is 39.5 Å². The second-order valence-electron chi connectivity index (χ2n) is 20.8. The van der Waals surface area contributed by atoms with Gasteiger partial charge in [-0.25, -0.2) is 0 Å². The van der Waals surface area contributed by atoms with E-state index in [1.54, 1.807) is 0 Å². The average molecular weight is 917 g/mol. The van der Waals surface area contributed by atoms with Crippen molar-refractivity contribution in [3.63, 3.8) is 0 Å². The van der Waals surface area contributed by atoms with Gasteiger partial charge in [-0.1, -0.05) is 206 Å². The summed E-state index contributed by atoms with van der Waals surface area (Å²) in [5.41, 5.74) is 30.2. The molecule has 0 heterocycles. The zero-order valence-electron chi connectivity index (χ0n) is 40.8. The highest BCUT2D eigenvalue weighted by Gasteiger charge is 2.51. The Hall–Kier alpha value is -8.32. The molecule has 6 aliphatic carbocycles. The summed E-state index contributed by atoms with van der Waals surface area (Å²) in [4.78, 5) is 0. The number of rotatable bonds is 6. The molecule has 15 rings (SSSR count). The number of aryl methyl sites for hydroxylation is 2. The third kappa shape index (κ3) is 5.93. The molecule has 340 valence electrons. The Balaban J connectivity index is 1.09. The third-order valence-corrected chi connectivity index (χ3v) is 17.0. The number of benzene rings is 9. The highest BCUT2D eigenvalue weighted by atomic mass is 14.5. The van der Waals surface area contributed by atoms with Gasteiger partial charge in [0.25, 0.3) is 0 Å². The number of hydrogen-bond donors (Lipinski definition) is 0. The molecule has 0 aliphatic heterocycles. The molecule has 0 aromatic heterocycles. The molecule has 6 aliphatic rings. The van der Waals surface area contributed by atoms with Gasteiger partial charge in [0, 0.05) is 11.8 Å². The second-order valence-corrected chi connectivity index (χ2v) is 20.8. The summed E-state index contributed by atoms with van der Waals surface area (Å²) in [6.45, 7) is 4.60. The first-order valence-corrected chi connectivity index (χ1v) is 26.1. The zero-order chi connectivity index (χ0) is 47.6.